The molecule has 0 N–H and O–H groups in total. The molecule has 0 aliphatic heterocycles. The summed E-state index contributed by atoms with van der Waals surface area (Å²) in [6.07, 6.45) is 2.92. The number of carbonyl (C=O) groups is 1. The van der Waals surface area contributed by atoms with Crippen LogP contribution in [0.25, 0.3) is 6.08 Å². The number of hydrogen-bond donors (Lipinski definition) is 0. The van der Waals surface area contributed by atoms with Crippen LogP contribution in [0, 0.1) is 11.6 Å². The number of ketones is 1. The number of rotatable bonds is 7. The van der Waals surface area contributed by atoms with E-state index in [1.165, 1.54) is 25.3 Å². The van der Waals surface area contributed by atoms with Gasteiger partial charge in [-0.3, -0.25) is 4.79 Å². The normalized spacial score (nSPS) is 10.9. The predicted molar refractivity (Wildman–Crippen MR) is 95.8 cm³/mol. The lowest BCUT2D eigenvalue weighted by molar-refractivity contribution is 0.104. The molecule has 0 amide bonds. The highest BCUT2D eigenvalue weighted by atomic mass is 19.1. The zero-order valence-corrected chi connectivity index (χ0v) is 14.4. The minimum Gasteiger partial charge on any atom is -0.497 e. The van der Waals surface area contributed by atoms with Crippen LogP contribution in [0.3, 0.4) is 0 Å². The number of ether oxygens (including phenoxy) is 2. The number of allylic oxidation sites excluding steroid dienone is 1. The number of methoxy groups -OCH3 is 1. The van der Waals surface area contributed by atoms with Crippen LogP contribution in [-0.4, -0.2) is 12.9 Å². The van der Waals surface area contributed by atoms with E-state index in [1.54, 1.807) is 36.4 Å². The van der Waals surface area contributed by atoms with Gasteiger partial charge in [-0.25, -0.2) is 8.78 Å². The van der Waals surface area contributed by atoms with E-state index in [2.05, 4.69) is 0 Å². The maximum Gasteiger partial charge on any atom is 0.186 e. The number of hydrogen-bond acceptors (Lipinski definition) is 4. The van der Waals surface area contributed by atoms with Gasteiger partial charge in [0.1, 0.15) is 29.7 Å². The first-order valence-electron chi connectivity index (χ1n) is 8.08. The summed E-state index contributed by atoms with van der Waals surface area (Å²) < 4.78 is 42.3. The van der Waals surface area contributed by atoms with Crippen LogP contribution in [-0.2, 0) is 6.61 Å². The van der Waals surface area contributed by atoms with Gasteiger partial charge < -0.3 is 13.9 Å². The van der Waals surface area contributed by atoms with Crippen LogP contribution >= 0.6 is 0 Å². The van der Waals surface area contributed by atoms with E-state index in [0.29, 0.717) is 22.8 Å². The highest BCUT2D eigenvalue weighted by Crippen LogP contribution is 2.20. The lowest BCUT2D eigenvalue weighted by atomic mass is 10.1. The van der Waals surface area contributed by atoms with Gasteiger partial charge >= 0.3 is 0 Å². The average molecular weight is 370 g/mol. The second-order valence-corrected chi connectivity index (χ2v) is 5.60. The Hall–Kier alpha value is -3.41. The molecule has 0 fully saturated rings. The summed E-state index contributed by atoms with van der Waals surface area (Å²) in [6.45, 7) is -0.0276. The van der Waals surface area contributed by atoms with Crippen LogP contribution in [0.4, 0.5) is 8.78 Å². The van der Waals surface area contributed by atoms with Crippen LogP contribution < -0.4 is 9.47 Å². The average Bonchev–Trinajstić information content (AvgIpc) is 3.13. The maximum absolute atomic E-state index is 13.5. The molecule has 1 heterocycles. The fourth-order valence-electron chi connectivity index (χ4n) is 2.33. The largest absolute Gasteiger partial charge is 0.497 e. The zero-order chi connectivity index (χ0) is 19.2. The van der Waals surface area contributed by atoms with Crippen molar-refractivity contribution in [2.45, 2.75) is 6.61 Å². The first kappa shape index (κ1) is 18.4. The number of benzene rings is 2. The van der Waals surface area contributed by atoms with Crippen LogP contribution in [0.2, 0.25) is 0 Å². The summed E-state index contributed by atoms with van der Waals surface area (Å²) in [5.41, 5.74) is 0.493. The molecule has 1 aromatic heterocycles. The third-order valence-electron chi connectivity index (χ3n) is 3.70. The third-order valence-corrected chi connectivity index (χ3v) is 3.70. The molecule has 4 nitrogen and oxygen atoms in total. The van der Waals surface area contributed by atoms with E-state index in [1.807, 2.05) is 0 Å². The molecule has 3 aromatic rings. The van der Waals surface area contributed by atoms with Gasteiger partial charge in [-0.1, -0.05) is 12.1 Å². The van der Waals surface area contributed by atoms with Gasteiger partial charge in [0.25, 0.3) is 0 Å². The summed E-state index contributed by atoms with van der Waals surface area (Å²) in [7, 11) is 1.53. The predicted octanol–water partition coefficient (Wildman–Crippen LogP) is 5.04. The lowest BCUT2D eigenvalue weighted by Gasteiger charge is -2.05. The van der Waals surface area contributed by atoms with Crippen molar-refractivity contribution < 1.29 is 27.5 Å². The fraction of sp³-hybridized carbons (Fsp3) is 0.0952. The van der Waals surface area contributed by atoms with Crippen molar-refractivity contribution in [2.75, 3.05) is 7.11 Å². The first-order chi connectivity index (χ1) is 13.0. The third kappa shape index (κ3) is 4.82. The topological polar surface area (TPSA) is 48.7 Å². The number of halogens is 2. The van der Waals surface area contributed by atoms with Crippen molar-refractivity contribution in [2.24, 2.45) is 0 Å². The summed E-state index contributed by atoms with van der Waals surface area (Å²) >= 11 is 0. The standard InChI is InChI=1S/C21H16F2O4/c1-25-17-4-2-3-14(11-17)20(24)9-8-16-6-7-18(27-16)13-26-21-10-5-15(22)12-19(21)23/h2-12H,13H2,1H3/b9-8+. The molecule has 0 saturated heterocycles. The van der Waals surface area contributed by atoms with Crippen molar-refractivity contribution in [1.29, 1.82) is 0 Å². The van der Waals surface area contributed by atoms with Gasteiger partial charge in [0.05, 0.1) is 7.11 Å². The van der Waals surface area contributed by atoms with E-state index in [4.69, 9.17) is 13.9 Å². The fourth-order valence-corrected chi connectivity index (χ4v) is 2.33. The minimum atomic E-state index is -0.787. The van der Waals surface area contributed by atoms with Crippen molar-refractivity contribution in [3.63, 3.8) is 0 Å². The molecule has 27 heavy (non-hydrogen) atoms. The van der Waals surface area contributed by atoms with Gasteiger partial charge in [-0.05, 0) is 48.6 Å². The van der Waals surface area contributed by atoms with Crippen molar-refractivity contribution in [3.8, 4) is 11.5 Å². The molecule has 0 radical (unpaired) electrons. The number of carbonyl (C=O) groups excluding carboxylic acids is 1. The molecular formula is C21H16F2O4. The summed E-state index contributed by atoms with van der Waals surface area (Å²) in [4.78, 5) is 12.2. The molecular weight excluding hydrogens is 354 g/mol. The molecule has 0 aliphatic rings. The van der Waals surface area contributed by atoms with E-state index in [9.17, 15) is 13.6 Å². The van der Waals surface area contributed by atoms with E-state index < -0.39 is 11.6 Å². The van der Waals surface area contributed by atoms with Crippen molar-refractivity contribution >= 4 is 11.9 Å². The van der Waals surface area contributed by atoms with Gasteiger partial charge in [-0.2, -0.15) is 0 Å². The Balaban J connectivity index is 1.61. The van der Waals surface area contributed by atoms with Crippen LogP contribution in [0.15, 0.2) is 65.1 Å². The monoisotopic (exact) mass is 370 g/mol. The Bertz CT molecular complexity index is 976. The van der Waals surface area contributed by atoms with E-state index in [0.717, 1.165) is 12.1 Å². The summed E-state index contributed by atoms with van der Waals surface area (Å²) in [5, 5.41) is 0. The molecule has 6 heteroatoms. The molecule has 0 atom stereocenters. The molecule has 2 aromatic carbocycles. The van der Waals surface area contributed by atoms with E-state index in [-0.39, 0.29) is 18.1 Å². The van der Waals surface area contributed by atoms with Gasteiger partial charge in [0.2, 0.25) is 0 Å². The molecule has 0 bridgehead atoms. The Morgan fingerprint density at radius 3 is 2.74 bits per heavy atom. The molecule has 0 saturated carbocycles. The lowest BCUT2D eigenvalue weighted by Crippen LogP contribution is -1.96. The summed E-state index contributed by atoms with van der Waals surface area (Å²) in [6, 6.07) is 13.2. The SMILES string of the molecule is COc1cccc(C(=O)/C=C/c2ccc(COc3ccc(F)cc3F)o2)c1. The molecule has 138 valence electrons. The highest BCUT2D eigenvalue weighted by molar-refractivity contribution is 6.06. The molecule has 0 spiro atoms. The second kappa shape index (κ2) is 8.31. The molecule has 0 unspecified atom stereocenters. The van der Waals surface area contributed by atoms with Crippen LogP contribution in [0.1, 0.15) is 21.9 Å². The Labute approximate surface area is 154 Å². The number of furan rings is 1. The summed E-state index contributed by atoms with van der Waals surface area (Å²) in [5.74, 6) is -0.248. The van der Waals surface area contributed by atoms with Crippen molar-refractivity contribution in [1.82, 2.24) is 0 Å². The smallest absolute Gasteiger partial charge is 0.186 e. The van der Waals surface area contributed by atoms with Crippen LogP contribution in [0.5, 0.6) is 11.5 Å². The highest BCUT2D eigenvalue weighted by Gasteiger charge is 2.08. The Kier molecular flexibility index (Phi) is 5.66. The quantitative estimate of drug-likeness (QED) is 0.432. The van der Waals surface area contributed by atoms with Gasteiger partial charge in [0.15, 0.2) is 17.3 Å². The maximum atomic E-state index is 13.5. The van der Waals surface area contributed by atoms with Gasteiger partial charge in [0, 0.05) is 11.6 Å². The minimum absolute atomic E-state index is 0.0276. The van der Waals surface area contributed by atoms with E-state index >= 15 is 0 Å². The Morgan fingerprint density at radius 1 is 1.11 bits per heavy atom. The molecule has 3 rings (SSSR count). The molecule has 0 aliphatic carbocycles. The zero-order valence-electron chi connectivity index (χ0n) is 14.4. The Morgan fingerprint density at radius 2 is 1.96 bits per heavy atom. The van der Waals surface area contributed by atoms with Crippen molar-refractivity contribution in [3.05, 3.63) is 89.4 Å². The van der Waals surface area contributed by atoms with Gasteiger partial charge in [-0.15, -0.1) is 0 Å². The second-order valence-electron chi connectivity index (χ2n) is 5.60. The first-order valence-corrected chi connectivity index (χ1v) is 8.08.